The van der Waals surface area contributed by atoms with Gasteiger partial charge in [0, 0.05) is 45.7 Å². The van der Waals surface area contributed by atoms with E-state index in [1.807, 2.05) is 0 Å². The van der Waals surface area contributed by atoms with E-state index >= 15 is 0 Å². The number of amides is 3. The molecule has 0 aliphatic carbocycles. The predicted octanol–water partition coefficient (Wildman–Crippen LogP) is 0.589. The summed E-state index contributed by atoms with van der Waals surface area (Å²) >= 11 is 0. The van der Waals surface area contributed by atoms with Crippen molar-refractivity contribution in [2.75, 3.05) is 26.7 Å². The molecule has 0 unspecified atom stereocenters. The molecule has 9 heteroatoms. The lowest BCUT2D eigenvalue weighted by Gasteiger charge is -2.36. The van der Waals surface area contributed by atoms with Crippen LogP contribution in [-0.2, 0) is 20.9 Å². The summed E-state index contributed by atoms with van der Waals surface area (Å²) in [6.45, 7) is 3.01. The molecule has 2 aliphatic heterocycles. The monoisotopic (exact) mass is 364 g/mol. The molecule has 1 aromatic rings. The van der Waals surface area contributed by atoms with Crippen molar-refractivity contribution in [1.29, 1.82) is 0 Å². The van der Waals surface area contributed by atoms with Gasteiger partial charge in [0.05, 0.1) is 6.54 Å². The van der Waals surface area contributed by atoms with E-state index in [-0.39, 0.29) is 12.6 Å². The van der Waals surface area contributed by atoms with Gasteiger partial charge in [-0.1, -0.05) is 0 Å². The Balaban J connectivity index is 1.52. The van der Waals surface area contributed by atoms with Gasteiger partial charge >= 0.3 is 17.9 Å². The average Bonchev–Trinajstić information content (AvgIpc) is 2.87. The van der Waals surface area contributed by atoms with Gasteiger partial charge in [-0.05, 0) is 24.1 Å². The maximum Gasteiger partial charge on any atom is 0.410 e. The van der Waals surface area contributed by atoms with Crippen LogP contribution < -0.4 is 5.32 Å². The number of hydrogen-bond acceptors (Lipinski definition) is 5. The highest BCUT2D eigenvalue weighted by Gasteiger charge is 2.46. The molecule has 3 amide bonds. The molecule has 1 N–H and O–H groups in total. The summed E-state index contributed by atoms with van der Waals surface area (Å²) in [4.78, 5) is 42.5. The van der Waals surface area contributed by atoms with Crippen molar-refractivity contribution in [2.45, 2.75) is 31.9 Å². The van der Waals surface area contributed by atoms with Crippen molar-refractivity contribution in [1.82, 2.24) is 20.1 Å². The molecule has 3 heterocycles. The highest BCUT2D eigenvalue weighted by atomic mass is 19.1. The Bertz CT molecular complexity index is 746. The summed E-state index contributed by atoms with van der Waals surface area (Å²) in [7, 11) is 1.67. The molecule has 2 aliphatic rings. The van der Waals surface area contributed by atoms with Crippen LogP contribution in [0.5, 0.6) is 0 Å². The summed E-state index contributed by atoms with van der Waals surface area (Å²) in [6.07, 6.45) is 1.99. The van der Waals surface area contributed by atoms with Crippen LogP contribution in [0.25, 0.3) is 0 Å². The molecule has 2 fully saturated rings. The van der Waals surface area contributed by atoms with Crippen molar-refractivity contribution in [2.24, 2.45) is 0 Å². The van der Waals surface area contributed by atoms with E-state index in [1.54, 1.807) is 14.0 Å². The van der Waals surface area contributed by atoms with E-state index in [9.17, 15) is 18.8 Å². The molecule has 140 valence electrons. The maximum atomic E-state index is 13.0. The first-order chi connectivity index (χ1) is 12.3. The first-order valence-electron chi connectivity index (χ1n) is 8.42. The van der Waals surface area contributed by atoms with E-state index in [0.717, 1.165) is 0 Å². The van der Waals surface area contributed by atoms with Crippen LogP contribution in [-0.4, -0.2) is 65.0 Å². The summed E-state index contributed by atoms with van der Waals surface area (Å²) < 4.78 is 18.4. The van der Waals surface area contributed by atoms with E-state index in [4.69, 9.17) is 4.74 Å². The van der Waals surface area contributed by atoms with Gasteiger partial charge in [-0.2, -0.15) is 4.39 Å². The number of carbonyl (C=O) groups is 3. The van der Waals surface area contributed by atoms with E-state index in [1.165, 1.54) is 22.1 Å². The Morgan fingerprint density at radius 1 is 1.38 bits per heavy atom. The number of pyridine rings is 1. The van der Waals surface area contributed by atoms with Gasteiger partial charge in [-0.15, -0.1) is 0 Å². The Hall–Kier alpha value is -2.71. The lowest BCUT2D eigenvalue weighted by atomic mass is 9.91. The largest absolute Gasteiger partial charge is 0.441 e. The minimum atomic E-state index is -0.717. The smallest absolute Gasteiger partial charge is 0.410 e. The third-order valence-electron chi connectivity index (χ3n) is 4.92. The van der Waals surface area contributed by atoms with E-state index < -0.39 is 23.4 Å². The molecule has 8 nitrogen and oxygen atoms in total. The highest BCUT2D eigenvalue weighted by Crippen LogP contribution is 2.32. The standard InChI is InChI=1S/C17H21FN4O4/c1-11-7-13(18)19-8-12(11)9-20-14(23)15(24)22-5-3-17(4-6-22)10-21(2)16(25)26-17/h7-8H,3-6,9-10H2,1-2H3,(H,20,23). The Labute approximate surface area is 150 Å². The molecule has 1 aromatic heterocycles. The number of likely N-dealkylation sites (tertiary alicyclic amines) is 1. The highest BCUT2D eigenvalue weighted by molar-refractivity contribution is 6.35. The van der Waals surface area contributed by atoms with Crippen LogP contribution in [0.2, 0.25) is 0 Å². The fourth-order valence-electron chi connectivity index (χ4n) is 3.30. The Morgan fingerprint density at radius 3 is 2.65 bits per heavy atom. The number of aryl methyl sites for hydroxylation is 1. The minimum Gasteiger partial charge on any atom is -0.441 e. The van der Waals surface area contributed by atoms with Gasteiger partial charge < -0.3 is 19.9 Å². The molecule has 3 rings (SSSR count). The van der Waals surface area contributed by atoms with Crippen LogP contribution in [0.15, 0.2) is 12.3 Å². The number of rotatable bonds is 2. The normalized spacial score (nSPS) is 18.8. The van der Waals surface area contributed by atoms with Gasteiger partial charge in [-0.3, -0.25) is 9.59 Å². The lowest BCUT2D eigenvalue weighted by molar-refractivity contribution is -0.148. The van der Waals surface area contributed by atoms with Crippen molar-refractivity contribution in [3.63, 3.8) is 0 Å². The Morgan fingerprint density at radius 2 is 2.08 bits per heavy atom. The van der Waals surface area contributed by atoms with E-state index in [2.05, 4.69) is 10.3 Å². The van der Waals surface area contributed by atoms with Gasteiger partial charge in [0.15, 0.2) is 0 Å². The molecule has 26 heavy (non-hydrogen) atoms. The first-order valence-corrected chi connectivity index (χ1v) is 8.42. The molecular weight excluding hydrogens is 343 g/mol. The van der Waals surface area contributed by atoms with Gasteiger partial charge in [0.25, 0.3) is 0 Å². The molecular formula is C17H21FN4O4. The average molecular weight is 364 g/mol. The SMILES string of the molecule is Cc1cc(F)ncc1CNC(=O)C(=O)N1CCC2(CC1)CN(C)C(=O)O2. The van der Waals surface area contributed by atoms with Crippen LogP contribution in [0.1, 0.15) is 24.0 Å². The van der Waals surface area contributed by atoms with Crippen molar-refractivity contribution >= 4 is 17.9 Å². The van der Waals surface area contributed by atoms with E-state index in [0.29, 0.717) is 43.6 Å². The zero-order valence-corrected chi connectivity index (χ0v) is 14.7. The van der Waals surface area contributed by atoms with Gasteiger partial charge in [-0.25, -0.2) is 9.78 Å². The summed E-state index contributed by atoms with van der Waals surface area (Å²) in [5.74, 6) is -1.93. The molecule has 1 spiro atoms. The first kappa shape index (κ1) is 18.1. The fourth-order valence-corrected chi connectivity index (χ4v) is 3.30. The van der Waals surface area contributed by atoms with Crippen molar-refractivity contribution in [3.8, 4) is 0 Å². The number of nitrogens with zero attached hydrogens (tertiary/aromatic N) is 3. The number of likely N-dealkylation sites (N-methyl/N-ethyl adjacent to an activating group) is 1. The van der Waals surface area contributed by atoms with Crippen LogP contribution in [0, 0.1) is 12.9 Å². The summed E-state index contributed by atoms with van der Waals surface area (Å²) in [5.41, 5.74) is 0.735. The second kappa shape index (κ2) is 6.89. The number of hydrogen-bond donors (Lipinski definition) is 1. The minimum absolute atomic E-state index is 0.101. The third kappa shape index (κ3) is 3.61. The maximum absolute atomic E-state index is 13.0. The van der Waals surface area contributed by atoms with Crippen LogP contribution in [0.3, 0.4) is 0 Å². The Kier molecular flexibility index (Phi) is 4.80. The van der Waals surface area contributed by atoms with Crippen LogP contribution >= 0.6 is 0 Å². The quantitative estimate of drug-likeness (QED) is 0.613. The molecule has 0 radical (unpaired) electrons. The van der Waals surface area contributed by atoms with Crippen LogP contribution in [0.4, 0.5) is 9.18 Å². The predicted molar refractivity (Wildman–Crippen MR) is 88.4 cm³/mol. The zero-order valence-electron chi connectivity index (χ0n) is 14.7. The number of aromatic nitrogens is 1. The molecule has 0 aromatic carbocycles. The number of piperidine rings is 1. The molecule has 0 saturated carbocycles. The molecule has 2 saturated heterocycles. The topological polar surface area (TPSA) is 91.8 Å². The summed E-state index contributed by atoms with van der Waals surface area (Å²) in [5, 5.41) is 2.55. The number of nitrogens with one attached hydrogen (secondary N) is 1. The van der Waals surface area contributed by atoms with Crippen molar-refractivity contribution < 1.29 is 23.5 Å². The van der Waals surface area contributed by atoms with Gasteiger partial charge in [0.2, 0.25) is 5.95 Å². The molecule has 0 atom stereocenters. The number of ether oxygens (including phenoxy) is 1. The number of halogens is 1. The van der Waals surface area contributed by atoms with Crippen molar-refractivity contribution in [3.05, 3.63) is 29.3 Å². The fraction of sp³-hybridized carbons (Fsp3) is 0.529. The third-order valence-corrected chi connectivity index (χ3v) is 4.92. The number of carbonyl (C=O) groups excluding carboxylic acids is 3. The second-order valence-electron chi connectivity index (χ2n) is 6.82. The lowest BCUT2D eigenvalue weighted by Crippen LogP contribution is -2.52. The summed E-state index contributed by atoms with van der Waals surface area (Å²) in [6, 6.07) is 1.27. The van der Waals surface area contributed by atoms with Gasteiger partial charge in [0.1, 0.15) is 5.60 Å². The zero-order chi connectivity index (χ0) is 18.9. The molecule has 0 bridgehead atoms. The second-order valence-corrected chi connectivity index (χ2v) is 6.82.